The van der Waals surface area contributed by atoms with E-state index in [-0.39, 0.29) is 88.7 Å². The molecule has 452 valence electrons. The standard InChI is InChI=1S/C43H67N3O33.3Na/c1-8-18(53)23(58)30(33(69-8)36(63)64)76-40-16(45-10(3)51)28(20(55)13(6-48)71-40)73-43-27(62)25(60)32(35(79-43)38(67)68)77-41-17(46-11(4)52)29(21(56)14(7-49)72-41)74-42-26(61)24(59)31(34(78-42)37(65)66)75-39-15(44-9(2)50)22(57)19(54)12(5-47)70-39;;;/h8,12-35,39-43,47-49,53-62H,5-7H2,1-4H3,(H,44,50)(H,45,51)(H,46,52)(H,63,64)(H,65,66)(H,67,68);;;/q;3*+1/p-3/t8-,12+,13+,14?,15?,16?,17?,18?,19+,20+,21-,22?,23+,24+,25?,26?,27?,28?,29+,30+,31+,32-,33?,34?,35-,39+,40+,41-,42+,43-;;;/m0.../s1. The second kappa shape index (κ2) is 32.4. The number of carbonyl (C=O) groups excluding carboxylic acids is 6. The molecular weight excluding hydrogens is 1160 g/mol. The SMILES string of the molecule is CC(=O)NC1C(O)[C@H](O)[C@@H](CO)O[C@@H]1O[C@H]1C(C(=O)[O-])O[C@@H](O[C@@H]2C(NC(C)=O)[C@H](O[C@H]3C(O)C(O)[C@@H](OC4C(NC(C)=O)[C@@H](O[C@H]5C(C(=O)[O-])O[C@@H](C)C(O)[C@H]5O)O[C@H](CO)[C@H]4O)O[C@@H]3C(=O)[O-])OC(CO)[C@@H]2O)C(O)[C@H]1O.[Na+].[Na+].[Na+]. The summed E-state index contributed by atoms with van der Waals surface area (Å²) in [6.07, 6.45) is -58.0. The normalized spacial score (nSPS) is 44.9. The van der Waals surface area contributed by atoms with Crippen LogP contribution in [0.3, 0.4) is 0 Å². The van der Waals surface area contributed by atoms with Gasteiger partial charge in [-0.2, -0.15) is 0 Å². The van der Waals surface area contributed by atoms with Gasteiger partial charge >= 0.3 is 88.7 Å². The van der Waals surface area contributed by atoms with Gasteiger partial charge in [-0.25, -0.2) is 0 Å². The summed E-state index contributed by atoms with van der Waals surface area (Å²) in [4.78, 5) is 74.8. The van der Waals surface area contributed by atoms with Gasteiger partial charge in [0.2, 0.25) is 17.7 Å². The molecule has 39 heteroatoms. The van der Waals surface area contributed by atoms with E-state index in [1.807, 2.05) is 0 Å². The molecule has 0 aromatic carbocycles. The van der Waals surface area contributed by atoms with Crippen molar-refractivity contribution in [1.82, 2.24) is 16.0 Å². The van der Waals surface area contributed by atoms with Gasteiger partial charge < -0.3 is 164 Å². The van der Waals surface area contributed by atoms with Crippen molar-refractivity contribution in [3.05, 3.63) is 0 Å². The summed E-state index contributed by atoms with van der Waals surface area (Å²) >= 11 is 0. The topological polar surface area (TPSA) is 572 Å². The number of aliphatic hydroxyl groups excluding tert-OH is 13. The number of nitrogens with one attached hydrogen (secondary N) is 3. The number of carboxylic acid groups (broad SMARTS) is 3. The van der Waals surface area contributed by atoms with Crippen LogP contribution in [0.25, 0.3) is 0 Å². The van der Waals surface area contributed by atoms with Gasteiger partial charge in [0.25, 0.3) is 0 Å². The van der Waals surface area contributed by atoms with Crippen LogP contribution in [0.5, 0.6) is 0 Å². The van der Waals surface area contributed by atoms with E-state index in [1.165, 1.54) is 6.92 Å². The van der Waals surface area contributed by atoms with Crippen LogP contribution in [0, 0.1) is 0 Å². The fourth-order valence-corrected chi connectivity index (χ4v) is 9.79. The molecule has 36 nitrogen and oxygen atoms in total. The van der Waals surface area contributed by atoms with Crippen LogP contribution in [0.1, 0.15) is 27.7 Å². The Kier molecular flexibility index (Phi) is 29.7. The number of rotatable bonds is 19. The summed E-state index contributed by atoms with van der Waals surface area (Å²) < 4.78 is 61.4. The first-order valence-corrected chi connectivity index (χ1v) is 24.3. The van der Waals surface area contributed by atoms with Gasteiger partial charge in [0.15, 0.2) is 31.5 Å². The summed E-state index contributed by atoms with van der Waals surface area (Å²) in [6.45, 7) is 0.756. The Morgan fingerprint density at radius 1 is 0.366 bits per heavy atom. The number of carbonyl (C=O) groups is 6. The van der Waals surface area contributed by atoms with Crippen molar-refractivity contribution in [1.29, 1.82) is 0 Å². The molecule has 0 bridgehead atoms. The Labute approximate surface area is 530 Å². The van der Waals surface area contributed by atoms with Gasteiger partial charge in [-0.1, -0.05) is 0 Å². The summed E-state index contributed by atoms with van der Waals surface area (Å²) in [5.74, 6) is -9.20. The third-order valence-electron chi connectivity index (χ3n) is 13.8. The molecule has 0 spiro atoms. The summed E-state index contributed by atoms with van der Waals surface area (Å²) in [7, 11) is 0. The maximum atomic E-state index is 12.8. The number of ether oxygens (including phenoxy) is 11. The van der Waals surface area contributed by atoms with Crippen LogP contribution in [-0.4, -0.2) is 306 Å². The zero-order valence-corrected chi connectivity index (χ0v) is 50.9. The minimum Gasteiger partial charge on any atom is -0.547 e. The summed E-state index contributed by atoms with van der Waals surface area (Å²) in [5, 5.41) is 185. The van der Waals surface area contributed by atoms with Crippen LogP contribution in [0.4, 0.5) is 0 Å². The van der Waals surface area contributed by atoms with Crippen molar-refractivity contribution in [2.75, 3.05) is 19.8 Å². The van der Waals surface area contributed by atoms with Gasteiger partial charge in [-0.15, -0.1) is 0 Å². The summed E-state index contributed by atoms with van der Waals surface area (Å²) in [5.41, 5.74) is 0. The molecule has 0 aliphatic carbocycles. The quantitative estimate of drug-likeness (QED) is 0.0534. The van der Waals surface area contributed by atoms with Crippen LogP contribution < -0.4 is 120 Å². The molecule has 6 saturated heterocycles. The largest absolute Gasteiger partial charge is 1.00 e. The summed E-state index contributed by atoms with van der Waals surface area (Å²) in [6, 6.07) is -5.65. The third kappa shape index (κ3) is 16.8. The smallest absolute Gasteiger partial charge is 0.547 e. The Bertz CT molecular complexity index is 2140. The first kappa shape index (κ1) is 75.1. The first-order chi connectivity index (χ1) is 37.1. The molecule has 6 aliphatic rings. The van der Waals surface area contributed by atoms with E-state index in [0.29, 0.717) is 0 Å². The molecule has 0 radical (unpaired) electrons. The maximum Gasteiger partial charge on any atom is 1.00 e. The molecule has 6 aliphatic heterocycles. The minimum atomic E-state index is -2.63. The molecule has 0 aromatic heterocycles. The van der Waals surface area contributed by atoms with E-state index in [2.05, 4.69) is 16.0 Å². The first-order valence-electron chi connectivity index (χ1n) is 24.3. The second-order valence-corrected chi connectivity index (χ2v) is 19.3. The monoisotopic (exact) mass is 1220 g/mol. The Morgan fingerprint density at radius 3 is 0.963 bits per heavy atom. The maximum absolute atomic E-state index is 12.8. The molecule has 6 heterocycles. The van der Waals surface area contributed by atoms with Crippen molar-refractivity contribution in [3.63, 3.8) is 0 Å². The zero-order valence-electron chi connectivity index (χ0n) is 44.9. The average Bonchev–Trinajstić information content (AvgIpc) is 3.37. The Hall–Kier alpha value is -1.14. The van der Waals surface area contributed by atoms with E-state index in [1.54, 1.807) is 0 Å². The van der Waals surface area contributed by atoms with E-state index in [4.69, 9.17) is 52.1 Å². The number of carboxylic acids is 3. The average molecular weight is 1220 g/mol. The van der Waals surface area contributed by atoms with Gasteiger partial charge in [0, 0.05) is 20.8 Å². The predicted molar refractivity (Wildman–Crippen MR) is 231 cm³/mol. The number of hydrogen-bond acceptors (Lipinski definition) is 33. The van der Waals surface area contributed by atoms with Crippen molar-refractivity contribution >= 4 is 35.6 Å². The molecule has 16 N–H and O–H groups in total. The van der Waals surface area contributed by atoms with Gasteiger partial charge in [-0.3, -0.25) is 14.4 Å². The molecule has 82 heavy (non-hydrogen) atoms. The Balaban J connectivity index is 0.00000588. The minimum absolute atomic E-state index is 0. The van der Waals surface area contributed by atoms with Crippen LogP contribution in [0.15, 0.2) is 0 Å². The van der Waals surface area contributed by atoms with Crippen LogP contribution in [-0.2, 0) is 80.9 Å². The molecule has 12 unspecified atom stereocenters. The molecule has 6 rings (SSSR count). The van der Waals surface area contributed by atoms with E-state index < -0.39 is 239 Å². The number of hydrogen-bond donors (Lipinski definition) is 16. The van der Waals surface area contributed by atoms with E-state index in [9.17, 15) is 110 Å². The third-order valence-corrected chi connectivity index (χ3v) is 13.8. The van der Waals surface area contributed by atoms with E-state index in [0.717, 1.165) is 20.8 Å². The van der Waals surface area contributed by atoms with Gasteiger partial charge in [0.1, 0.15) is 146 Å². The Morgan fingerprint density at radius 2 is 0.646 bits per heavy atom. The molecule has 6 fully saturated rings. The van der Waals surface area contributed by atoms with Crippen molar-refractivity contribution in [2.45, 2.75) is 212 Å². The van der Waals surface area contributed by atoms with Crippen molar-refractivity contribution in [2.24, 2.45) is 0 Å². The molecule has 0 aromatic rings. The molecule has 3 amide bonds. The number of aliphatic carboxylic acids is 3. The van der Waals surface area contributed by atoms with E-state index >= 15 is 0 Å². The van der Waals surface area contributed by atoms with Gasteiger partial charge in [-0.05, 0) is 6.92 Å². The zero-order chi connectivity index (χ0) is 58.8. The van der Waals surface area contributed by atoms with Crippen LogP contribution in [0.2, 0.25) is 0 Å². The second-order valence-electron chi connectivity index (χ2n) is 19.3. The predicted octanol–water partition coefficient (Wildman–Crippen LogP) is -25.3. The molecule has 0 saturated carbocycles. The van der Waals surface area contributed by atoms with Crippen LogP contribution >= 0.6 is 0 Å². The number of amides is 3. The fraction of sp³-hybridized carbons (Fsp3) is 0.860. The van der Waals surface area contributed by atoms with Crippen molar-refractivity contribution in [3.8, 4) is 0 Å². The fourth-order valence-electron chi connectivity index (χ4n) is 9.79. The van der Waals surface area contributed by atoms with Crippen molar-refractivity contribution < 1.29 is 251 Å². The van der Waals surface area contributed by atoms with Gasteiger partial charge in [0.05, 0.1) is 43.8 Å². The molecule has 30 atom stereocenters. The molecular formula is C43H64N3Na3O33. The number of aliphatic hydroxyl groups is 13.